The molecule has 1 aromatic heterocycles. The van der Waals surface area contributed by atoms with Crippen LogP contribution in [0.4, 0.5) is 4.79 Å². The number of amides is 2. The molecule has 1 aliphatic heterocycles. The number of piperidine rings is 1. The number of nitrogens with zero attached hydrogens (tertiary/aromatic N) is 3. The van der Waals surface area contributed by atoms with E-state index in [2.05, 4.69) is 0 Å². The molecule has 6 nitrogen and oxygen atoms in total. The fraction of sp³-hybridized carbons (Fsp3) is 0.304. The molecule has 0 bridgehead atoms. The molecule has 0 unspecified atom stereocenters. The summed E-state index contributed by atoms with van der Waals surface area (Å²) in [6.07, 6.45) is 1.63. The van der Waals surface area contributed by atoms with Crippen LogP contribution in [-0.2, 0) is 0 Å². The van der Waals surface area contributed by atoms with Crippen molar-refractivity contribution in [3.05, 3.63) is 58.6 Å². The fourth-order valence-electron chi connectivity index (χ4n) is 3.78. The lowest BCUT2D eigenvalue weighted by Gasteiger charge is -2.32. The summed E-state index contributed by atoms with van der Waals surface area (Å²) >= 11 is 7.79. The van der Waals surface area contributed by atoms with Crippen LogP contribution < -0.4 is 4.74 Å². The molecule has 0 spiro atoms. The highest BCUT2D eigenvalue weighted by Gasteiger charge is 2.28. The number of likely N-dealkylation sites (tertiary alicyclic amines) is 1. The van der Waals surface area contributed by atoms with Gasteiger partial charge in [0.05, 0.1) is 22.7 Å². The lowest BCUT2D eigenvalue weighted by molar-refractivity contribution is -0.0356. The summed E-state index contributed by atoms with van der Waals surface area (Å²) in [5.41, 5.74) is 3.05. The summed E-state index contributed by atoms with van der Waals surface area (Å²) in [5.74, 6) is 1.09. The minimum absolute atomic E-state index is 0.274. The highest BCUT2D eigenvalue weighted by molar-refractivity contribution is 7.15. The number of hydrogen-bond donors (Lipinski definition) is 1. The molecule has 2 amide bonds. The highest BCUT2D eigenvalue weighted by atomic mass is 35.5. The fourth-order valence-corrected chi connectivity index (χ4v) is 5.16. The van der Waals surface area contributed by atoms with Gasteiger partial charge in [-0.2, -0.15) is 0 Å². The van der Waals surface area contributed by atoms with E-state index in [-0.39, 0.29) is 11.9 Å². The second kappa shape index (κ2) is 9.26. The van der Waals surface area contributed by atoms with Gasteiger partial charge < -0.3 is 9.64 Å². The Morgan fingerprint density at radius 3 is 2.32 bits per heavy atom. The first-order valence-electron chi connectivity index (χ1n) is 10.1. The molecule has 1 aliphatic rings. The summed E-state index contributed by atoms with van der Waals surface area (Å²) in [6.45, 7) is 1.20. The van der Waals surface area contributed by atoms with Crippen LogP contribution in [0.15, 0.2) is 48.5 Å². The summed E-state index contributed by atoms with van der Waals surface area (Å²) < 4.78 is 5.30. The van der Waals surface area contributed by atoms with Crippen LogP contribution in [0.2, 0.25) is 5.02 Å². The van der Waals surface area contributed by atoms with Gasteiger partial charge in [-0.15, -0.1) is 11.3 Å². The second-order valence-corrected chi connectivity index (χ2v) is 9.00. The van der Waals surface area contributed by atoms with Crippen molar-refractivity contribution in [2.24, 2.45) is 0 Å². The number of urea groups is 1. The van der Waals surface area contributed by atoms with Crippen molar-refractivity contribution in [3.63, 3.8) is 0 Å². The lowest BCUT2D eigenvalue weighted by atomic mass is 9.97. The van der Waals surface area contributed by atoms with Gasteiger partial charge >= 0.3 is 6.03 Å². The molecule has 4 rings (SSSR count). The van der Waals surface area contributed by atoms with Gasteiger partial charge in [0, 0.05) is 36.6 Å². The maximum absolute atomic E-state index is 12.0. The highest BCUT2D eigenvalue weighted by Crippen LogP contribution is 2.42. The van der Waals surface area contributed by atoms with E-state index in [1.807, 2.05) is 48.5 Å². The van der Waals surface area contributed by atoms with Crippen molar-refractivity contribution in [2.75, 3.05) is 27.2 Å². The second-order valence-electron chi connectivity index (χ2n) is 7.53. The molecule has 0 radical (unpaired) electrons. The molecular formula is C23H24ClN3O3S. The molecule has 0 saturated carbocycles. The molecule has 1 N–H and O–H groups in total. The van der Waals surface area contributed by atoms with Crippen LogP contribution in [0.25, 0.3) is 21.7 Å². The van der Waals surface area contributed by atoms with Crippen LogP contribution in [-0.4, -0.2) is 53.4 Å². The number of ether oxygens (including phenoxy) is 1. The van der Waals surface area contributed by atoms with E-state index in [9.17, 15) is 10.0 Å². The molecule has 3 aromatic rings. The molecule has 1 saturated heterocycles. The topological polar surface area (TPSA) is 65.9 Å². The summed E-state index contributed by atoms with van der Waals surface area (Å²) in [4.78, 5) is 19.8. The number of hydroxylamine groups is 2. The van der Waals surface area contributed by atoms with E-state index in [4.69, 9.17) is 21.3 Å². The molecule has 0 aliphatic carbocycles. The van der Waals surface area contributed by atoms with Gasteiger partial charge in [0.25, 0.3) is 0 Å². The van der Waals surface area contributed by atoms with Crippen LogP contribution in [0.5, 0.6) is 5.75 Å². The van der Waals surface area contributed by atoms with Gasteiger partial charge in [-0.05, 0) is 54.8 Å². The molecule has 0 atom stereocenters. The van der Waals surface area contributed by atoms with Crippen LogP contribution in [0.1, 0.15) is 23.8 Å². The zero-order chi connectivity index (χ0) is 22.0. The molecule has 2 heterocycles. The van der Waals surface area contributed by atoms with Crippen molar-refractivity contribution < 1.29 is 14.7 Å². The van der Waals surface area contributed by atoms with E-state index >= 15 is 0 Å². The quantitative estimate of drug-likeness (QED) is 0.399. The van der Waals surface area contributed by atoms with E-state index < -0.39 is 0 Å². The zero-order valence-electron chi connectivity index (χ0n) is 17.4. The molecule has 1 fully saturated rings. The van der Waals surface area contributed by atoms with Crippen LogP contribution in [0.3, 0.4) is 0 Å². The Kier molecular flexibility index (Phi) is 6.46. The number of aromatic nitrogens is 1. The largest absolute Gasteiger partial charge is 0.497 e. The predicted octanol–water partition coefficient (Wildman–Crippen LogP) is 5.76. The van der Waals surface area contributed by atoms with E-state index in [1.165, 1.54) is 7.05 Å². The number of halogens is 1. The van der Waals surface area contributed by atoms with Gasteiger partial charge in [0.2, 0.25) is 0 Å². The molecule has 8 heteroatoms. The predicted molar refractivity (Wildman–Crippen MR) is 123 cm³/mol. The number of carbonyl (C=O) groups is 1. The van der Waals surface area contributed by atoms with Gasteiger partial charge in [0.1, 0.15) is 5.75 Å². The molecule has 2 aromatic carbocycles. The summed E-state index contributed by atoms with van der Waals surface area (Å²) in [7, 11) is 3.01. The van der Waals surface area contributed by atoms with Gasteiger partial charge in [-0.25, -0.2) is 14.8 Å². The minimum Gasteiger partial charge on any atom is -0.497 e. The molecule has 31 heavy (non-hydrogen) atoms. The van der Waals surface area contributed by atoms with E-state index in [0.717, 1.165) is 45.3 Å². The Bertz CT molecular complexity index is 1040. The third-order valence-corrected chi connectivity index (χ3v) is 7.02. The van der Waals surface area contributed by atoms with Crippen molar-refractivity contribution in [3.8, 4) is 27.4 Å². The Labute approximate surface area is 190 Å². The number of benzene rings is 2. The number of thiazole rings is 1. The number of rotatable bonds is 4. The lowest BCUT2D eigenvalue weighted by Crippen LogP contribution is -2.43. The average Bonchev–Trinajstić information content (AvgIpc) is 3.24. The summed E-state index contributed by atoms with van der Waals surface area (Å²) in [6, 6.07) is 15.4. The van der Waals surface area contributed by atoms with Crippen molar-refractivity contribution >= 4 is 29.0 Å². The van der Waals surface area contributed by atoms with E-state index in [0.29, 0.717) is 23.2 Å². The van der Waals surface area contributed by atoms with Crippen molar-refractivity contribution in [2.45, 2.75) is 18.8 Å². The van der Waals surface area contributed by atoms with Gasteiger partial charge in [-0.1, -0.05) is 23.7 Å². The zero-order valence-corrected chi connectivity index (χ0v) is 19.0. The summed E-state index contributed by atoms with van der Waals surface area (Å²) in [5, 5.41) is 11.8. The number of carbonyl (C=O) groups excluding carboxylic acids is 1. The third-order valence-electron chi connectivity index (χ3n) is 5.51. The Hall–Kier alpha value is -2.61. The Balaban J connectivity index is 1.65. The van der Waals surface area contributed by atoms with Gasteiger partial charge in [0.15, 0.2) is 0 Å². The number of hydrogen-bond acceptors (Lipinski definition) is 5. The average molecular weight is 458 g/mol. The minimum atomic E-state index is -0.363. The van der Waals surface area contributed by atoms with Crippen LogP contribution >= 0.6 is 22.9 Å². The monoisotopic (exact) mass is 457 g/mol. The van der Waals surface area contributed by atoms with Crippen LogP contribution in [0, 0.1) is 0 Å². The van der Waals surface area contributed by atoms with Gasteiger partial charge in [-0.3, -0.25) is 5.21 Å². The SMILES string of the molecule is COc1ccc(-c2sc(C3CCN(C(=O)N(C)O)CC3)nc2-c2ccc(Cl)cc2)cc1. The first-order valence-corrected chi connectivity index (χ1v) is 11.3. The van der Waals surface area contributed by atoms with E-state index in [1.54, 1.807) is 23.3 Å². The van der Waals surface area contributed by atoms with Crippen molar-refractivity contribution in [1.29, 1.82) is 0 Å². The third kappa shape index (κ3) is 4.69. The Morgan fingerprint density at radius 2 is 1.74 bits per heavy atom. The normalized spacial score (nSPS) is 14.5. The first kappa shape index (κ1) is 21.6. The van der Waals surface area contributed by atoms with Crippen molar-refractivity contribution in [1.82, 2.24) is 14.9 Å². The molecule has 162 valence electrons. The maximum Gasteiger partial charge on any atom is 0.343 e. The standard InChI is InChI=1S/C23H24ClN3O3S/c1-26(29)23(28)27-13-11-17(12-14-27)22-25-20(15-3-7-18(24)8-4-15)21(31-22)16-5-9-19(30-2)10-6-16/h3-10,17,29H,11-14H2,1-2H3. The Morgan fingerprint density at radius 1 is 1.13 bits per heavy atom. The maximum atomic E-state index is 12.0. The molecular weight excluding hydrogens is 434 g/mol. The number of methoxy groups -OCH3 is 1. The first-order chi connectivity index (χ1) is 15.0. The smallest absolute Gasteiger partial charge is 0.343 e.